The molecule has 0 saturated heterocycles. The number of hydrogen-bond donors (Lipinski definition) is 2. The van der Waals surface area contributed by atoms with Gasteiger partial charge in [0.2, 0.25) is 0 Å². The predicted octanol–water partition coefficient (Wildman–Crippen LogP) is 4.98. The monoisotopic (exact) mass is 290 g/mol. The van der Waals surface area contributed by atoms with Crippen LogP contribution in [-0.4, -0.2) is 6.04 Å². The summed E-state index contributed by atoms with van der Waals surface area (Å²) in [4.78, 5) is 0. The second-order valence-electron chi connectivity index (χ2n) is 6.15. The van der Waals surface area contributed by atoms with E-state index in [-0.39, 0.29) is 0 Å². The lowest BCUT2D eigenvalue weighted by Gasteiger charge is -2.15. The van der Waals surface area contributed by atoms with E-state index in [2.05, 4.69) is 42.7 Å². The standard InChI is InChI=1S/C19H34N2/c1-2-3-4-5-6-7-8-12-15-19(21-20)17-16-18-13-10-9-11-14-18/h9-11,13-14,19,21H,2-8,12,15-17,20H2,1H3. The van der Waals surface area contributed by atoms with Crippen LogP contribution in [-0.2, 0) is 6.42 Å². The van der Waals surface area contributed by atoms with Gasteiger partial charge in [-0.2, -0.15) is 0 Å². The van der Waals surface area contributed by atoms with Crippen LogP contribution in [0.25, 0.3) is 0 Å². The summed E-state index contributed by atoms with van der Waals surface area (Å²) in [7, 11) is 0. The topological polar surface area (TPSA) is 38.0 Å². The molecule has 0 aromatic heterocycles. The second kappa shape index (κ2) is 12.8. The van der Waals surface area contributed by atoms with Gasteiger partial charge in [0, 0.05) is 6.04 Å². The molecule has 0 spiro atoms. The predicted molar refractivity (Wildman–Crippen MR) is 93.1 cm³/mol. The first-order valence-corrected chi connectivity index (χ1v) is 8.87. The average Bonchev–Trinajstić information content (AvgIpc) is 2.54. The molecule has 1 rings (SSSR count). The summed E-state index contributed by atoms with van der Waals surface area (Å²) in [5, 5.41) is 0. The molecule has 1 aromatic rings. The minimum absolute atomic E-state index is 0.463. The fourth-order valence-corrected chi connectivity index (χ4v) is 2.82. The van der Waals surface area contributed by atoms with Crippen molar-refractivity contribution >= 4 is 0 Å². The van der Waals surface area contributed by atoms with Crippen LogP contribution >= 0.6 is 0 Å². The first-order valence-electron chi connectivity index (χ1n) is 8.87. The van der Waals surface area contributed by atoms with Crippen LogP contribution in [0.4, 0.5) is 0 Å². The highest BCUT2D eigenvalue weighted by Gasteiger charge is 2.06. The summed E-state index contributed by atoms with van der Waals surface area (Å²) in [6, 6.07) is 11.2. The second-order valence-corrected chi connectivity index (χ2v) is 6.15. The Morgan fingerprint density at radius 3 is 2.10 bits per heavy atom. The Hall–Kier alpha value is -0.860. The van der Waals surface area contributed by atoms with Crippen molar-refractivity contribution in [1.29, 1.82) is 0 Å². The molecule has 0 radical (unpaired) electrons. The number of hydrazine groups is 1. The van der Waals surface area contributed by atoms with Crippen molar-refractivity contribution in [2.24, 2.45) is 5.84 Å². The number of benzene rings is 1. The van der Waals surface area contributed by atoms with Crippen LogP contribution in [0.1, 0.15) is 76.7 Å². The lowest BCUT2D eigenvalue weighted by Crippen LogP contribution is -2.35. The Bertz CT molecular complexity index is 324. The number of aryl methyl sites for hydroxylation is 1. The molecule has 1 atom stereocenters. The van der Waals surface area contributed by atoms with Crippen molar-refractivity contribution in [3.8, 4) is 0 Å². The third-order valence-electron chi connectivity index (χ3n) is 4.27. The number of unbranched alkanes of at least 4 members (excludes halogenated alkanes) is 7. The third kappa shape index (κ3) is 9.65. The van der Waals surface area contributed by atoms with Crippen LogP contribution < -0.4 is 11.3 Å². The van der Waals surface area contributed by atoms with Crippen molar-refractivity contribution in [2.45, 2.75) is 83.6 Å². The summed E-state index contributed by atoms with van der Waals surface area (Å²) >= 11 is 0. The maximum atomic E-state index is 5.68. The van der Waals surface area contributed by atoms with Gasteiger partial charge in [-0.1, -0.05) is 88.6 Å². The molecule has 0 saturated carbocycles. The van der Waals surface area contributed by atoms with Crippen LogP contribution in [0.3, 0.4) is 0 Å². The maximum absolute atomic E-state index is 5.68. The summed E-state index contributed by atoms with van der Waals surface area (Å²) < 4.78 is 0. The normalized spacial score (nSPS) is 12.5. The van der Waals surface area contributed by atoms with Gasteiger partial charge >= 0.3 is 0 Å². The Morgan fingerprint density at radius 2 is 1.48 bits per heavy atom. The molecule has 0 aliphatic heterocycles. The van der Waals surface area contributed by atoms with Crippen molar-refractivity contribution in [2.75, 3.05) is 0 Å². The molecule has 2 heteroatoms. The fraction of sp³-hybridized carbons (Fsp3) is 0.684. The molecule has 0 heterocycles. The lowest BCUT2D eigenvalue weighted by molar-refractivity contribution is 0.437. The molecular formula is C19H34N2. The van der Waals surface area contributed by atoms with E-state index in [4.69, 9.17) is 5.84 Å². The van der Waals surface area contributed by atoms with E-state index in [1.807, 2.05) is 0 Å². The zero-order valence-corrected chi connectivity index (χ0v) is 13.8. The van der Waals surface area contributed by atoms with E-state index in [1.54, 1.807) is 0 Å². The molecule has 1 aromatic carbocycles. The number of hydrogen-bond acceptors (Lipinski definition) is 2. The molecule has 0 amide bonds. The van der Waals surface area contributed by atoms with Crippen molar-refractivity contribution in [1.82, 2.24) is 5.43 Å². The van der Waals surface area contributed by atoms with Gasteiger partial charge in [-0.15, -0.1) is 0 Å². The van der Waals surface area contributed by atoms with Crippen LogP contribution in [0.15, 0.2) is 30.3 Å². The minimum atomic E-state index is 0.463. The average molecular weight is 290 g/mol. The zero-order chi connectivity index (χ0) is 15.2. The van der Waals surface area contributed by atoms with Crippen molar-refractivity contribution < 1.29 is 0 Å². The van der Waals surface area contributed by atoms with Gasteiger partial charge in [-0.05, 0) is 24.8 Å². The van der Waals surface area contributed by atoms with E-state index in [0.29, 0.717) is 6.04 Å². The smallest absolute Gasteiger partial charge is 0.0213 e. The molecule has 120 valence electrons. The van der Waals surface area contributed by atoms with Crippen molar-refractivity contribution in [3.05, 3.63) is 35.9 Å². The van der Waals surface area contributed by atoms with Crippen LogP contribution in [0.2, 0.25) is 0 Å². The Labute approximate surface area is 131 Å². The van der Waals surface area contributed by atoms with Gasteiger partial charge in [-0.25, -0.2) is 0 Å². The van der Waals surface area contributed by atoms with Crippen LogP contribution in [0, 0.1) is 0 Å². The Kier molecular flexibility index (Phi) is 11.1. The fourth-order valence-electron chi connectivity index (χ4n) is 2.82. The zero-order valence-electron chi connectivity index (χ0n) is 13.8. The van der Waals surface area contributed by atoms with Gasteiger partial charge in [-0.3, -0.25) is 11.3 Å². The van der Waals surface area contributed by atoms with E-state index in [0.717, 1.165) is 12.8 Å². The lowest BCUT2D eigenvalue weighted by atomic mass is 10.00. The summed E-state index contributed by atoms with van der Waals surface area (Å²) in [5.74, 6) is 5.68. The summed E-state index contributed by atoms with van der Waals surface area (Å²) in [6.45, 7) is 2.27. The molecule has 0 aliphatic carbocycles. The van der Waals surface area contributed by atoms with Gasteiger partial charge < -0.3 is 0 Å². The molecule has 0 aliphatic rings. The molecule has 21 heavy (non-hydrogen) atoms. The molecule has 2 nitrogen and oxygen atoms in total. The Morgan fingerprint density at radius 1 is 0.857 bits per heavy atom. The van der Waals surface area contributed by atoms with Gasteiger partial charge in [0.15, 0.2) is 0 Å². The van der Waals surface area contributed by atoms with E-state index < -0.39 is 0 Å². The first kappa shape index (κ1) is 18.2. The van der Waals surface area contributed by atoms with E-state index in [9.17, 15) is 0 Å². The molecule has 1 unspecified atom stereocenters. The van der Waals surface area contributed by atoms with Gasteiger partial charge in [0.05, 0.1) is 0 Å². The van der Waals surface area contributed by atoms with Crippen molar-refractivity contribution in [3.63, 3.8) is 0 Å². The van der Waals surface area contributed by atoms with Crippen LogP contribution in [0.5, 0.6) is 0 Å². The van der Waals surface area contributed by atoms with E-state index >= 15 is 0 Å². The summed E-state index contributed by atoms with van der Waals surface area (Å²) in [5.41, 5.74) is 4.40. The maximum Gasteiger partial charge on any atom is 0.0213 e. The SMILES string of the molecule is CCCCCCCCCCC(CCc1ccccc1)NN. The van der Waals surface area contributed by atoms with E-state index in [1.165, 1.54) is 63.4 Å². The third-order valence-corrected chi connectivity index (χ3v) is 4.27. The molecule has 0 bridgehead atoms. The summed E-state index contributed by atoms with van der Waals surface area (Å²) in [6.07, 6.45) is 14.5. The van der Waals surface area contributed by atoms with Gasteiger partial charge in [0.25, 0.3) is 0 Å². The highest BCUT2D eigenvalue weighted by Crippen LogP contribution is 2.13. The molecule has 0 fully saturated rings. The highest BCUT2D eigenvalue weighted by atomic mass is 15.2. The minimum Gasteiger partial charge on any atom is -0.271 e. The Balaban J connectivity index is 2.01. The number of nitrogens with two attached hydrogens (primary N) is 1. The molecule has 3 N–H and O–H groups in total. The number of rotatable bonds is 13. The molecular weight excluding hydrogens is 256 g/mol. The first-order chi connectivity index (χ1) is 10.4. The largest absolute Gasteiger partial charge is 0.271 e. The van der Waals surface area contributed by atoms with Gasteiger partial charge in [0.1, 0.15) is 0 Å². The quantitative estimate of drug-likeness (QED) is 0.305. The highest BCUT2D eigenvalue weighted by molar-refractivity contribution is 5.14. The number of nitrogens with one attached hydrogen (secondary N) is 1.